The van der Waals surface area contributed by atoms with E-state index < -0.39 is 34.8 Å². The molecule has 0 saturated heterocycles. The van der Waals surface area contributed by atoms with Gasteiger partial charge in [0, 0.05) is 5.69 Å². The molecule has 0 fully saturated rings. The van der Waals surface area contributed by atoms with Crippen molar-refractivity contribution in [1.29, 1.82) is 0 Å². The van der Waals surface area contributed by atoms with Crippen LogP contribution in [0.1, 0.15) is 5.69 Å². The molecule has 0 spiro atoms. The van der Waals surface area contributed by atoms with E-state index >= 15 is 0 Å². The quantitative estimate of drug-likeness (QED) is 0.638. The smallest absolute Gasteiger partial charge is 0.318 e. The fraction of sp³-hybridized carbons (Fsp3) is 0.250. The zero-order valence-corrected chi connectivity index (χ0v) is 8.91. The number of aromatic nitrogens is 1. The molecule has 10 heteroatoms. The number of anilines is 1. The van der Waals surface area contributed by atoms with E-state index in [1.165, 1.54) is 5.32 Å². The summed E-state index contributed by atoms with van der Waals surface area (Å²) in [4.78, 5) is 13.4. The van der Waals surface area contributed by atoms with Gasteiger partial charge in [0.15, 0.2) is 0 Å². The molecule has 1 amide bonds. The minimum Gasteiger partial charge on any atom is -0.318 e. The van der Waals surface area contributed by atoms with Crippen molar-refractivity contribution in [2.24, 2.45) is 0 Å². The first kappa shape index (κ1) is 14.6. The lowest BCUT2D eigenvalue weighted by Crippen LogP contribution is -2.30. The summed E-state index contributed by atoms with van der Waals surface area (Å²) < 4.78 is 72.5. The van der Waals surface area contributed by atoms with Crippen LogP contribution < -0.4 is 5.32 Å². The number of nitrogens with zero attached hydrogens (tertiary/aromatic N) is 1. The number of carbonyl (C=O) groups excluding carboxylic acids is 1. The normalized spacial score (nSPS) is 12.4. The number of carbonyl (C=O) groups is 1. The minimum atomic E-state index is -5.21. The van der Waals surface area contributed by atoms with Crippen molar-refractivity contribution in [3.8, 4) is 0 Å². The van der Waals surface area contributed by atoms with E-state index in [9.17, 15) is 31.1 Å². The van der Waals surface area contributed by atoms with Gasteiger partial charge in [0.05, 0.1) is 0 Å². The molecule has 0 bridgehead atoms. The fourth-order valence-corrected chi connectivity index (χ4v) is 1.12. The van der Waals surface area contributed by atoms with Crippen LogP contribution >= 0.6 is 11.6 Å². The monoisotopic (exact) mass is 292 g/mol. The van der Waals surface area contributed by atoms with E-state index in [0.717, 1.165) is 0 Å². The van der Waals surface area contributed by atoms with E-state index in [4.69, 9.17) is 11.6 Å². The van der Waals surface area contributed by atoms with Gasteiger partial charge in [-0.1, -0.05) is 11.6 Å². The molecule has 0 unspecified atom stereocenters. The van der Waals surface area contributed by atoms with E-state index in [1.807, 2.05) is 0 Å². The first-order valence-corrected chi connectivity index (χ1v) is 4.51. The third-order valence-electron chi connectivity index (χ3n) is 1.60. The van der Waals surface area contributed by atoms with Gasteiger partial charge in [-0.2, -0.15) is 26.3 Å². The van der Waals surface area contributed by atoms with Gasteiger partial charge >= 0.3 is 18.3 Å². The van der Waals surface area contributed by atoms with Gasteiger partial charge in [-0.3, -0.25) is 4.79 Å². The van der Waals surface area contributed by atoms with Crippen LogP contribution in [0.4, 0.5) is 32.0 Å². The Balaban J connectivity index is 3.05. The summed E-state index contributed by atoms with van der Waals surface area (Å²) in [6.07, 6.45) is -10.1. The molecule has 1 heterocycles. The highest BCUT2D eigenvalue weighted by Crippen LogP contribution is 2.31. The molecule has 100 valence electrons. The van der Waals surface area contributed by atoms with Gasteiger partial charge < -0.3 is 5.32 Å². The zero-order valence-electron chi connectivity index (χ0n) is 8.16. The fourth-order valence-electron chi connectivity index (χ4n) is 0.916. The molecule has 0 aliphatic heterocycles. The van der Waals surface area contributed by atoms with Crippen LogP contribution in [0.2, 0.25) is 5.15 Å². The van der Waals surface area contributed by atoms with Crippen molar-refractivity contribution >= 4 is 23.2 Å². The van der Waals surface area contributed by atoms with Crippen LogP contribution in [-0.2, 0) is 11.0 Å². The molecule has 0 aromatic carbocycles. The van der Waals surface area contributed by atoms with Crippen LogP contribution in [0.3, 0.4) is 0 Å². The van der Waals surface area contributed by atoms with Crippen molar-refractivity contribution in [2.45, 2.75) is 12.4 Å². The molecule has 0 aliphatic carbocycles. The lowest BCUT2D eigenvalue weighted by molar-refractivity contribution is -0.167. The first-order valence-electron chi connectivity index (χ1n) is 4.13. The van der Waals surface area contributed by atoms with Crippen molar-refractivity contribution in [1.82, 2.24) is 4.98 Å². The number of pyridine rings is 1. The average molecular weight is 293 g/mol. The summed E-state index contributed by atoms with van der Waals surface area (Å²) in [7, 11) is 0. The Labute approximate surface area is 101 Å². The molecule has 1 rings (SSSR count). The number of rotatable bonds is 1. The molecular weight excluding hydrogens is 290 g/mol. The summed E-state index contributed by atoms with van der Waals surface area (Å²) in [5.41, 5.74) is -2.25. The third kappa shape index (κ3) is 3.76. The lowest BCUT2D eigenvalue weighted by Gasteiger charge is -2.11. The predicted molar refractivity (Wildman–Crippen MR) is 48.9 cm³/mol. The second-order valence-corrected chi connectivity index (χ2v) is 3.40. The van der Waals surface area contributed by atoms with Crippen LogP contribution in [0.5, 0.6) is 0 Å². The second kappa shape index (κ2) is 4.63. The van der Waals surface area contributed by atoms with Crippen LogP contribution in [-0.4, -0.2) is 17.1 Å². The van der Waals surface area contributed by atoms with Gasteiger partial charge in [-0.25, -0.2) is 4.98 Å². The number of alkyl halides is 6. The van der Waals surface area contributed by atoms with Crippen molar-refractivity contribution in [3.05, 3.63) is 23.0 Å². The van der Waals surface area contributed by atoms with Crippen LogP contribution in [0, 0.1) is 0 Å². The Hall–Kier alpha value is -1.51. The maximum atomic E-state index is 12.3. The third-order valence-corrected chi connectivity index (χ3v) is 1.79. The minimum absolute atomic E-state index is 0.246. The summed E-state index contributed by atoms with van der Waals surface area (Å²) in [5.74, 6) is -2.40. The molecule has 1 aromatic heterocycles. The van der Waals surface area contributed by atoms with Crippen molar-refractivity contribution < 1.29 is 31.1 Å². The molecular formula is C8H3ClF6N2O. The van der Waals surface area contributed by atoms with E-state index in [0.29, 0.717) is 6.07 Å². The Morgan fingerprint density at radius 3 is 2.17 bits per heavy atom. The van der Waals surface area contributed by atoms with Crippen molar-refractivity contribution in [3.63, 3.8) is 0 Å². The number of halogens is 7. The molecule has 0 saturated carbocycles. The average Bonchev–Trinajstić information content (AvgIpc) is 2.13. The summed E-state index contributed by atoms with van der Waals surface area (Å²) in [5, 5.41) is 0.554. The van der Waals surface area contributed by atoms with Crippen LogP contribution in [0.25, 0.3) is 0 Å². The summed E-state index contributed by atoms with van der Waals surface area (Å²) >= 11 is 5.21. The Bertz CT molecular complexity index is 470. The number of nitrogens with one attached hydrogen (secondary N) is 1. The lowest BCUT2D eigenvalue weighted by atomic mass is 10.3. The van der Waals surface area contributed by atoms with Crippen molar-refractivity contribution in [2.75, 3.05) is 5.32 Å². The topological polar surface area (TPSA) is 42.0 Å². The Morgan fingerprint density at radius 2 is 1.72 bits per heavy atom. The Kier molecular flexibility index (Phi) is 3.75. The standard InChI is InChI=1S/C8H3ClF6N2O/c9-5-2-3(16-6(18)8(13,14)15)1-4(17-5)7(10,11)12/h1-2H,(H,16,17,18). The largest absolute Gasteiger partial charge is 0.471 e. The number of amides is 1. The van der Waals surface area contributed by atoms with E-state index in [-0.39, 0.29) is 6.07 Å². The molecule has 1 aromatic rings. The van der Waals surface area contributed by atoms with Crippen LogP contribution in [0.15, 0.2) is 12.1 Å². The SMILES string of the molecule is O=C(Nc1cc(Cl)nc(C(F)(F)F)c1)C(F)(F)F. The maximum Gasteiger partial charge on any atom is 0.471 e. The number of hydrogen-bond donors (Lipinski definition) is 1. The zero-order chi connectivity index (χ0) is 14.1. The highest BCUT2D eigenvalue weighted by atomic mass is 35.5. The molecule has 0 radical (unpaired) electrons. The highest BCUT2D eigenvalue weighted by molar-refractivity contribution is 6.29. The van der Waals surface area contributed by atoms with Gasteiger partial charge in [0.2, 0.25) is 0 Å². The predicted octanol–water partition coefficient (Wildman–Crippen LogP) is 3.25. The molecule has 0 aliphatic rings. The summed E-state index contributed by atoms with van der Waals surface area (Å²) in [6.45, 7) is 0. The van der Waals surface area contributed by atoms with E-state index in [2.05, 4.69) is 4.98 Å². The molecule has 18 heavy (non-hydrogen) atoms. The summed E-state index contributed by atoms with van der Waals surface area (Å²) in [6, 6.07) is 0.913. The van der Waals surface area contributed by atoms with Gasteiger partial charge in [-0.15, -0.1) is 0 Å². The molecule has 1 N–H and O–H groups in total. The van der Waals surface area contributed by atoms with Gasteiger partial charge in [0.1, 0.15) is 10.8 Å². The van der Waals surface area contributed by atoms with E-state index in [1.54, 1.807) is 0 Å². The molecule has 0 atom stereocenters. The second-order valence-electron chi connectivity index (χ2n) is 3.01. The maximum absolute atomic E-state index is 12.3. The number of hydrogen-bond acceptors (Lipinski definition) is 2. The Morgan fingerprint density at radius 1 is 1.17 bits per heavy atom. The first-order chi connectivity index (χ1) is 8.00. The van der Waals surface area contributed by atoms with Gasteiger partial charge in [0.25, 0.3) is 0 Å². The molecule has 3 nitrogen and oxygen atoms in total. The van der Waals surface area contributed by atoms with Gasteiger partial charge in [-0.05, 0) is 12.1 Å². The highest BCUT2D eigenvalue weighted by Gasteiger charge is 2.39.